The van der Waals surface area contributed by atoms with Crippen molar-refractivity contribution in [3.63, 3.8) is 0 Å². The van der Waals surface area contributed by atoms with E-state index in [1.165, 1.54) is 58.3 Å². The SMILES string of the molecule is CN=C(NCc1ccoc1)NCC1(N2CCCCC2)CCN(C)CC1. The summed E-state index contributed by atoms with van der Waals surface area (Å²) in [7, 11) is 4.08. The molecule has 25 heavy (non-hydrogen) atoms. The third-order valence-electron chi connectivity index (χ3n) is 5.79. The second-order valence-electron chi connectivity index (χ2n) is 7.49. The van der Waals surface area contributed by atoms with E-state index < -0.39 is 0 Å². The molecule has 0 atom stereocenters. The zero-order chi connectivity index (χ0) is 17.5. The Balaban J connectivity index is 1.59. The normalized spacial score (nSPS) is 22.7. The molecule has 2 aliphatic rings. The first-order valence-electron chi connectivity index (χ1n) is 9.61. The number of guanidine groups is 1. The molecule has 0 radical (unpaired) electrons. The maximum absolute atomic E-state index is 5.13. The first-order chi connectivity index (χ1) is 12.2. The van der Waals surface area contributed by atoms with Gasteiger partial charge in [-0.05, 0) is 65.0 Å². The molecule has 1 aromatic rings. The van der Waals surface area contributed by atoms with Gasteiger partial charge in [0.25, 0.3) is 0 Å². The molecule has 2 fully saturated rings. The molecule has 2 saturated heterocycles. The lowest BCUT2D eigenvalue weighted by Crippen LogP contribution is -2.62. The molecule has 140 valence electrons. The summed E-state index contributed by atoms with van der Waals surface area (Å²) in [6.45, 7) is 6.54. The van der Waals surface area contributed by atoms with Crippen LogP contribution in [0.3, 0.4) is 0 Å². The predicted octanol–water partition coefficient (Wildman–Crippen LogP) is 1.89. The molecule has 3 rings (SSSR count). The fourth-order valence-electron chi connectivity index (χ4n) is 4.06. The Labute approximate surface area is 151 Å². The number of nitrogens with one attached hydrogen (secondary N) is 2. The molecule has 1 aromatic heterocycles. The van der Waals surface area contributed by atoms with Crippen LogP contribution in [0.2, 0.25) is 0 Å². The van der Waals surface area contributed by atoms with Crippen LogP contribution in [-0.2, 0) is 6.54 Å². The van der Waals surface area contributed by atoms with Gasteiger partial charge in [0, 0.05) is 31.2 Å². The Kier molecular flexibility index (Phi) is 6.37. The molecule has 3 heterocycles. The molecule has 6 heteroatoms. The van der Waals surface area contributed by atoms with Gasteiger partial charge in [-0.1, -0.05) is 6.42 Å². The molecule has 0 spiro atoms. The number of piperidine rings is 2. The zero-order valence-electron chi connectivity index (χ0n) is 15.8. The van der Waals surface area contributed by atoms with E-state index in [-0.39, 0.29) is 5.54 Å². The number of hydrogen-bond acceptors (Lipinski definition) is 4. The summed E-state index contributed by atoms with van der Waals surface area (Å²) >= 11 is 0. The van der Waals surface area contributed by atoms with Gasteiger partial charge in [0.2, 0.25) is 0 Å². The number of nitrogens with zero attached hydrogens (tertiary/aromatic N) is 3. The van der Waals surface area contributed by atoms with Crippen LogP contribution in [0.5, 0.6) is 0 Å². The second kappa shape index (κ2) is 8.72. The summed E-state index contributed by atoms with van der Waals surface area (Å²) in [5, 5.41) is 6.99. The fraction of sp³-hybridized carbons (Fsp3) is 0.737. The molecule has 0 unspecified atom stereocenters. The lowest BCUT2D eigenvalue weighted by molar-refractivity contribution is 0.0173. The van der Waals surface area contributed by atoms with E-state index in [2.05, 4.69) is 32.5 Å². The Morgan fingerprint density at radius 3 is 2.56 bits per heavy atom. The van der Waals surface area contributed by atoms with Crippen LogP contribution in [0.1, 0.15) is 37.7 Å². The van der Waals surface area contributed by atoms with Gasteiger partial charge < -0.3 is 20.0 Å². The molecule has 0 aliphatic carbocycles. The summed E-state index contributed by atoms with van der Waals surface area (Å²) in [6, 6.07) is 1.98. The monoisotopic (exact) mass is 347 g/mol. The van der Waals surface area contributed by atoms with Gasteiger partial charge in [-0.25, -0.2) is 0 Å². The zero-order valence-corrected chi connectivity index (χ0v) is 15.8. The topological polar surface area (TPSA) is 56.0 Å². The molecule has 2 N–H and O–H groups in total. The number of aliphatic imine (C=N–C) groups is 1. The summed E-state index contributed by atoms with van der Waals surface area (Å²) in [4.78, 5) is 9.60. The van der Waals surface area contributed by atoms with Crippen LogP contribution in [-0.4, -0.2) is 68.1 Å². The van der Waals surface area contributed by atoms with Gasteiger partial charge in [0.05, 0.1) is 12.5 Å². The number of furan rings is 1. The minimum atomic E-state index is 0.264. The van der Waals surface area contributed by atoms with Crippen molar-refractivity contribution in [3.05, 3.63) is 24.2 Å². The van der Waals surface area contributed by atoms with E-state index in [4.69, 9.17) is 4.42 Å². The first-order valence-corrected chi connectivity index (χ1v) is 9.61. The van der Waals surface area contributed by atoms with E-state index in [0.29, 0.717) is 0 Å². The maximum atomic E-state index is 5.13. The maximum Gasteiger partial charge on any atom is 0.191 e. The Hall–Kier alpha value is -1.53. The van der Waals surface area contributed by atoms with Crippen molar-refractivity contribution in [1.29, 1.82) is 0 Å². The van der Waals surface area contributed by atoms with E-state index in [9.17, 15) is 0 Å². The van der Waals surface area contributed by atoms with Gasteiger partial charge in [0.15, 0.2) is 5.96 Å². The predicted molar refractivity (Wildman–Crippen MR) is 102 cm³/mol. The van der Waals surface area contributed by atoms with Gasteiger partial charge >= 0.3 is 0 Å². The van der Waals surface area contributed by atoms with Crippen LogP contribution in [0.4, 0.5) is 0 Å². The largest absolute Gasteiger partial charge is 0.472 e. The third kappa shape index (κ3) is 4.76. The van der Waals surface area contributed by atoms with Gasteiger partial charge in [-0.3, -0.25) is 9.89 Å². The van der Waals surface area contributed by atoms with Crippen LogP contribution in [0.25, 0.3) is 0 Å². The van der Waals surface area contributed by atoms with Crippen molar-refractivity contribution >= 4 is 5.96 Å². The number of rotatable bonds is 5. The Morgan fingerprint density at radius 2 is 1.92 bits per heavy atom. The van der Waals surface area contributed by atoms with Gasteiger partial charge in [-0.15, -0.1) is 0 Å². The van der Waals surface area contributed by atoms with Crippen molar-refractivity contribution in [2.75, 3.05) is 46.8 Å². The molecule has 6 nitrogen and oxygen atoms in total. The standard InChI is InChI=1S/C19H33N5O/c1-20-18(21-14-17-6-13-25-15-17)22-16-19(7-11-23(2)12-8-19)24-9-4-3-5-10-24/h6,13,15H,3-5,7-12,14,16H2,1-2H3,(H2,20,21,22). The van der Waals surface area contributed by atoms with Gasteiger partial charge in [-0.2, -0.15) is 0 Å². The van der Waals surface area contributed by atoms with Crippen molar-refractivity contribution in [1.82, 2.24) is 20.4 Å². The molecule has 0 amide bonds. The first kappa shape index (κ1) is 18.3. The van der Waals surface area contributed by atoms with Crippen LogP contribution >= 0.6 is 0 Å². The van der Waals surface area contributed by atoms with Crippen molar-refractivity contribution in [3.8, 4) is 0 Å². The highest BCUT2D eigenvalue weighted by atomic mass is 16.3. The average molecular weight is 348 g/mol. The number of hydrogen-bond donors (Lipinski definition) is 2. The quantitative estimate of drug-likeness (QED) is 0.629. The van der Waals surface area contributed by atoms with E-state index >= 15 is 0 Å². The number of likely N-dealkylation sites (tertiary alicyclic amines) is 2. The lowest BCUT2D eigenvalue weighted by atomic mass is 9.84. The summed E-state index contributed by atoms with van der Waals surface area (Å²) in [6.07, 6.45) is 10.00. The highest BCUT2D eigenvalue weighted by Crippen LogP contribution is 2.30. The van der Waals surface area contributed by atoms with Crippen LogP contribution in [0.15, 0.2) is 28.0 Å². The molecule has 2 aliphatic heterocycles. The smallest absolute Gasteiger partial charge is 0.191 e. The van der Waals surface area contributed by atoms with Crippen molar-refractivity contribution in [2.24, 2.45) is 4.99 Å². The molecular weight excluding hydrogens is 314 g/mol. The van der Waals surface area contributed by atoms with Crippen LogP contribution in [0, 0.1) is 0 Å². The minimum Gasteiger partial charge on any atom is -0.472 e. The molecule has 0 saturated carbocycles. The molecule has 0 bridgehead atoms. The van der Waals surface area contributed by atoms with E-state index in [1.54, 1.807) is 12.5 Å². The summed E-state index contributed by atoms with van der Waals surface area (Å²) in [5.41, 5.74) is 1.40. The van der Waals surface area contributed by atoms with E-state index in [1.807, 2.05) is 13.1 Å². The fourth-order valence-corrected chi connectivity index (χ4v) is 4.06. The third-order valence-corrected chi connectivity index (χ3v) is 5.79. The highest BCUT2D eigenvalue weighted by Gasteiger charge is 2.39. The van der Waals surface area contributed by atoms with Gasteiger partial charge in [0.1, 0.15) is 0 Å². The minimum absolute atomic E-state index is 0.264. The highest BCUT2D eigenvalue weighted by molar-refractivity contribution is 5.79. The molecule has 0 aromatic carbocycles. The molecular formula is C19H33N5O. The van der Waals surface area contributed by atoms with Crippen molar-refractivity contribution < 1.29 is 4.42 Å². The van der Waals surface area contributed by atoms with Crippen LogP contribution < -0.4 is 10.6 Å². The van der Waals surface area contributed by atoms with Crippen molar-refractivity contribution in [2.45, 2.75) is 44.2 Å². The Morgan fingerprint density at radius 1 is 1.16 bits per heavy atom. The Bertz CT molecular complexity index is 528. The summed E-state index contributed by atoms with van der Waals surface area (Å²) in [5.74, 6) is 0.872. The van der Waals surface area contributed by atoms with E-state index in [0.717, 1.165) is 24.6 Å². The summed E-state index contributed by atoms with van der Waals surface area (Å²) < 4.78 is 5.13. The second-order valence-corrected chi connectivity index (χ2v) is 7.49. The lowest BCUT2D eigenvalue weighted by Gasteiger charge is -2.50. The average Bonchev–Trinajstić information content (AvgIpc) is 3.18.